The number of anilines is 1. The van der Waals surface area contributed by atoms with Gasteiger partial charge in [-0.2, -0.15) is 0 Å². The monoisotopic (exact) mass is 342 g/mol. The van der Waals surface area contributed by atoms with Crippen molar-refractivity contribution in [2.24, 2.45) is 11.1 Å². The van der Waals surface area contributed by atoms with Crippen LogP contribution in [-0.2, 0) is 4.79 Å². The van der Waals surface area contributed by atoms with Gasteiger partial charge in [-0.1, -0.05) is 29.8 Å². The average Bonchev–Trinajstić information content (AvgIpc) is 2.39. The van der Waals surface area contributed by atoms with Crippen LogP contribution in [0.25, 0.3) is 0 Å². The molecule has 0 bridgehead atoms. The van der Waals surface area contributed by atoms with Crippen molar-refractivity contribution in [2.45, 2.75) is 26.7 Å². The Hall–Kier alpha value is -1.56. The number of carbonyl (C=O) groups excluding carboxylic acids is 1. The van der Waals surface area contributed by atoms with E-state index in [1.165, 1.54) is 0 Å². The van der Waals surface area contributed by atoms with Gasteiger partial charge in [0, 0.05) is 16.7 Å². The molecule has 0 aromatic heterocycles. The van der Waals surface area contributed by atoms with E-state index in [0.29, 0.717) is 24.1 Å². The van der Waals surface area contributed by atoms with Gasteiger partial charge in [0.1, 0.15) is 0 Å². The lowest BCUT2D eigenvalue weighted by Crippen LogP contribution is -2.37. The SMILES string of the molecule is CCC(CC)(CNc1cc(Br)ccc1C(N)=O)C(=O)O. The molecular formula is C14H19BrN2O3. The van der Waals surface area contributed by atoms with Crippen molar-refractivity contribution in [2.75, 3.05) is 11.9 Å². The second-order valence-electron chi connectivity index (χ2n) is 4.70. The number of halogens is 1. The number of nitrogens with one attached hydrogen (secondary N) is 1. The fraction of sp³-hybridized carbons (Fsp3) is 0.429. The number of carboxylic acid groups (broad SMARTS) is 1. The molecule has 1 rings (SSSR count). The van der Waals surface area contributed by atoms with E-state index in [0.717, 1.165) is 4.47 Å². The minimum Gasteiger partial charge on any atom is -0.481 e. The minimum atomic E-state index is -0.850. The molecule has 5 nitrogen and oxygen atoms in total. The highest BCUT2D eigenvalue weighted by Gasteiger charge is 2.34. The molecule has 0 aliphatic rings. The zero-order valence-corrected chi connectivity index (χ0v) is 13.2. The van der Waals surface area contributed by atoms with Gasteiger partial charge in [0.15, 0.2) is 0 Å². The van der Waals surface area contributed by atoms with E-state index in [9.17, 15) is 14.7 Å². The highest BCUT2D eigenvalue weighted by molar-refractivity contribution is 9.10. The zero-order chi connectivity index (χ0) is 15.3. The van der Waals surface area contributed by atoms with E-state index in [2.05, 4.69) is 21.2 Å². The van der Waals surface area contributed by atoms with Crippen molar-refractivity contribution < 1.29 is 14.7 Å². The van der Waals surface area contributed by atoms with E-state index < -0.39 is 17.3 Å². The Kier molecular flexibility index (Phi) is 5.56. The molecule has 1 amide bonds. The molecule has 0 aliphatic carbocycles. The topological polar surface area (TPSA) is 92.4 Å². The molecular weight excluding hydrogens is 324 g/mol. The molecule has 1 aromatic carbocycles. The van der Waals surface area contributed by atoms with Crippen LogP contribution in [0, 0.1) is 5.41 Å². The number of hydrogen-bond acceptors (Lipinski definition) is 3. The first-order valence-corrected chi connectivity index (χ1v) is 7.22. The maximum atomic E-state index is 11.4. The number of hydrogen-bond donors (Lipinski definition) is 3. The van der Waals surface area contributed by atoms with Gasteiger partial charge >= 0.3 is 5.97 Å². The van der Waals surface area contributed by atoms with Crippen molar-refractivity contribution in [1.82, 2.24) is 0 Å². The molecule has 20 heavy (non-hydrogen) atoms. The third-order valence-corrected chi connectivity index (χ3v) is 4.16. The van der Waals surface area contributed by atoms with Crippen LogP contribution in [0.5, 0.6) is 0 Å². The second kappa shape index (κ2) is 6.74. The van der Waals surface area contributed by atoms with Gasteiger partial charge in [0.2, 0.25) is 0 Å². The highest BCUT2D eigenvalue weighted by atomic mass is 79.9. The van der Waals surface area contributed by atoms with Crippen LogP contribution in [-0.4, -0.2) is 23.5 Å². The average molecular weight is 343 g/mol. The lowest BCUT2D eigenvalue weighted by Gasteiger charge is -2.27. The van der Waals surface area contributed by atoms with E-state index in [1.807, 2.05) is 13.8 Å². The Labute approximate surface area is 126 Å². The van der Waals surface area contributed by atoms with Crippen molar-refractivity contribution in [3.05, 3.63) is 28.2 Å². The quantitative estimate of drug-likeness (QED) is 0.710. The normalized spacial score (nSPS) is 11.2. The molecule has 0 saturated carbocycles. The van der Waals surface area contributed by atoms with Crippen LogP contribution in [0.4, 0.5) is 5.69 Å². The van der Waals surface area contributed by atoms with Crippen LogP contribution in [0.2, 0.25) is 0 Å². The maximum Gasteiger partial charge on any atom is 0.311 e. The summed E-state index contributed by atoms with van der Waals surface area (Å²) < 4.78 is 0.791. The summed E-state index contributed by atoms with van der Waals surface area (Å²) in [4.78, 5) is 22.8. The molecule has 0 radical (unpaired) electrons. The summed E-state index contributed by atoms with van der Waals surface area (Å²) in [5.41, 5.74) is 5.36. The van der Waals surface area contributed by atoms with Gasteiger partial charge in [0.25, 0.3) is 5.91 Å². The number of aliphatic carboxylic acids is 1. The minimum absolute atomic E-state index is 0.242. The third-order valence-electron chi connectivity index (χ3n) is 3.67. The molecule has 0 fully saturated rings. The second-order valence-corrected chi connectivity index (χ2v) is 5.62. The van der Waals surface area contributed by atoms with Crippen molar-refractivity contribution in [3.63, 3.8) is 0 Å². The number of carbonyl (C=O) groups is 2. The lowest BCUT2D eigenvalue weighted by atomic mass is 9.82. The van der Waals surface area contributed by atoms with Gasteiger partial charge < -0.3 is 16.2 Å². The van der Waals surface area contributed by atoms with Gasteiger partial charge in [-0.05, 0) is 31.0 Å². The van der Waals surface area contributed by atoms with Crippen LogP contribution < -0.4 is 11.1 Å². The number of benzene rings is 1. The third kappa shape index (κ3) is 3.50. The Morgan fingerprint density at radius 2 is 1.95 bits per heavy atom. The van der Waals surface area contributed by atoms with Crippen LogP contribution in [0.15, 0.2) is 22.7 Å². The number of amides is 1. The van der Waals surface area contributed by atoms with Crippen LogP contribution in [0.3, 0.4) is 0 Å². The van der Waals surface area contributed by atoms with Gasteiger partial charge in [-0.15, -0.1) is 0 Å². The summed E-state index contributed by atoms with van der Waals surface area (Å²) >= 11 is 3.32. The Morgan fingerprint density at radius 1 is 1.35 bits per heavy atom. The maximum absolute atomic E-state index is 11.4. The van der Waals surface area contributed by atoms with Gasteiger partial charge in [0.05, 0.1) is 11.0 Å². The molecule has 1 aromatic rings. The summed E-state index contributed by atoms with van der Waals surface area (Å²) in [7, 11) is 0. The van der Waals surface area contributed by atoms with Gasteiger partial charge in [-0.25, -0.2) is 0 Å². The molecule has 0 atom stereocenters. The fourth-order valence-electron chi connectivity index (χ4n) is 2.02. The summed E-state index contributed by atoms with van der Waals surface area (Å²) in [5.74, 6) is -1.39. The number of nitrogens with two attached hydrogens (primary N) is 1. The molecule has 0 spiro atoms. The Morgan fingerprint density at radius 3 is 2.40 bits per heavy atom. The smallest absolute Gasteiger partial charge is 0.311 e. The first-order valence-electron chi connectivity index (χ1n) is 6.43. The lowest BCUT2D eigenvalue weighted by molar-refractivity contribution is -0.148. The fourth-order valence-corrected chi connectivity index (χ4v) is 2.38. The molecule has 4 N–H and O–H groups in total. The Balaban J connectivity index is 3.01. The van der Waals surface area contributed by atoms with Crippen molar-refractivity contribution in [1.29, 1.82) is 0 Å². The molecule has 6 heteroatoms. The molecule has 0 heterocycles. The summed E-state index contributed by atoms with van der Waals surface area (Å²) in [6, 6.07) is 5.04. The van der Waals surface area contributed by atoms with Crippen LogP contribution in [0.1, 0.15) is 37.0 Å². The summed E-state index contributed by atoms with van der Waals surface area (Å²) in [6.07, 6.45) is 1.01. The van der Waals surface area contributed by atoms with Crippen molar-refractivity contribution >= 4 is 33.5 Å². The molecule has 0 aliphatic heterocycles. The number of carboxylic acids is 1. The number of rotatable bonds is 7. The predicted molar refractivity (Wildman–Crippen MR) is 81.8 cm³/mol. The van der Waals surface area contributed by atoms with E-state index in [1.54, 1.807) is 18.2 Å². The van der Waals surface area contributed by atoms with Crippen LogP contribution >= 0.6 is 15.9 Å². The van der Waals surface area contributed by atoms with Gasteiger partial charge in [-0.3, -0.25) is 9.59 Å². The first kappa shape index (κ1) is 16.5. The molecule has 110 valence electrons. The highest BCUT2D eigenvalue weighted by Crippen LogP contribution is 2.29. The van der Waals surface area contributed by atoms with E-state index in [4.69, 9.17) is 5.73 Å². The standard InChI is InChI=1S/C14H19BrN2O3/c1-3-14(4-2,13(19)20)8-17-11-7-9(15)5-6-10(11)12(16)18/h5-7,17H,3-4,8H2,1-2H3,(H2,16,18)(H,19,20). The number of primary amides is 1. The van der Waals surface area contributed by atoms with E-state index >= 15 is 0 Å². The Bertz CT molecular complexity index is 513. The van der Waals surface area contributed by atoms with Crippen molar-refractivity contribution in [3.8, 4) is 0 Å². The zero-order valence-electron chi connectivity index (χ0n) is 11.6. The summed E-state index contributed by atoms with van der Waals surface area (Å²) in [6.45, 7) is 3.93. The first-order chi connectivity index (χ1) is 9.36. The molecule has 0 saturated heterocycles. The molecule has 0 unspecified atom stereocenters. The largest absolute Gasteiger partial charge is 0.481 e. The summed E-state index contributed by atoms with van der Waals surface area (Å²) in [5, 5.41) is 12.4. The van der Waals surface area contributed by atoms with E-state index in [-0.39, 0.29) is 6.54 Å². The predicted octanol–water partition coefficient (Wildman–Crippen LogP) is 2.85.